The third-order valence-electron chi connectivity index (χ3n) is 3.98. The molecule has 0 bridgehead atoms. The molecule has 3 rings (SSSR count). The molecule has 0 aromatic heterocycles. The maximum Gasteiger partial charge on any atom is 0.216 e. The van der Waals surface area contributed by atoms with Gasteiger partial charge >= 0.3 is 0 Å². The highest BCUT2D eigenvalue weighted by atomic mass is 32.2. The van der Waals surface area contributed by atoms with Crippen molar-refractivity contribution < 1.29 is 17.5 Å². The lowest BCUT2D eigenvalue weighted by molar-refractivity contribution is 0.300. The van der Waals surface area contributed by atoms with Crippen LogP contribution in [-0.2, 0) is 16.4 Å². The van der Waals surface area contributed by atoms with Gasteiger partial charge in [0.05, 0.1) is 4.90 Å². The molecule has 4 nitrogen and oxygen atoms in total. The molecule has 3 aromatic rings. The van der Waals surface area contributed by atoms with Gasteiger partial charge in [-0.15, -0.1) is 0 Å². The third kappa shape index (κ3) is 4.45. The van der Waals surface area contributed by atoms with E-state index in [1.165, 1.54) is 24.3 Å². The van der Waals surface area contributed by atoms with E-state index in [-0.39, 0.29) is 22.2 Å². The number of allylic oxidation sites excluding steroid dienone is 1. The maximum atomic E-state index is 13.6. The first-order chi connectivity index (χ1) is 13.5. The molecule has 0 fully saturated rings. The van der Waals surface area contributed by atoms with Crippen molar-refractivity contribution in [3.8, 4) is 11.8 Å². The van der Waals surface area contributed by atoms with Gasteiger partial charge < -0.3 is 4.74 Å². The lowest BCUT2D eigenvalue weighted by atomic mass is 10.2. The lowest BCUT2D eigenvalue weighted by Gasteiger charge is -2.07. The molecule has 0 heterocycles. The van der Waals surface area contributed by atoms with E-state index in [1.54, 1.807) is 66.7 Å². The van der Waals surface area contributed by atoms with Crippen molar-refractivity contribution in [2.24, 2.45) is 0 Å². The van der Waals surface area contributed by atoms with Gasteiger partial charge in [0, 0.05) is 5.56 Å². The van der Waals surface area contributed by atoms with Crippen LogP contribution in [0.5, 0.6) is 5.75 Å². The van der Waals surface area contributed by atoms with Gasteiger partial charge in [0.25, 0.3) is 0 Å². The summed E-state index contributed by atoms with van der Waals surface area (Å²) in [6.45, 7) is 0.0771. The first kappa shape index (κ1) is 19.3. The molecule has 0 spiro atoms. The van der Waals surface area contributed by atoms with E-state index >= 15 is 0 Å². The Morgan fingerprint density at radius 2 is 1.61 bits per heavy atom. The number of nitrogens with zero attached hydrogens (tertiary/aromatic N) is 1. The zero-order valence-electron chi connectivity index (χ0n) is 14.7. The zero-order valence-corrected chi connectivity index (χ0v) is 15.6. The van der Waals surface area contributed by atoms with Crippen molar-refractivity contribution in [2.45, 2.75) is 11.5 Å². The Morgan fingerprint density at radius 3 is 2.25 bits per heavy atom. The SMILES string of the molecule is N#CC(=Cc1ccc(OCc2ccccc2F)cc1)S(=O)(=O)c1ccccc1. The molecular formula is C22H16FNO3S. The predicted molar refractivity (Wildman–Crippen MR) is 104 cm³/mol. The molecule has 0 atom stereocenters. The molecule has 6 heteroatoms. The van der Waals surface area contributed by atoms with Crippen LogP contribution in [0.25, 0.3) is 6.08 Å². The van der Waals surface area contributed by atoms with Crippen molar-refractivity contribution >= 4 is 15.9 Å². The largest absolute Gasteiger partial charge is 0.489 e. The van der Waals surface area contributed by atoms with Crippen molar-refractivity contribution in [3.05, 3.63) is 101 Å². The smallest absolute Gasteiger partial charge is 0.216 e. The summed E-state index contributed by atoms with van der Waals surface area (Å²) < 4.78 is 44.3. The number of hydrogen-bond acceptors (Lipinski definition) is 4. The number of ether oxygens (including phenoxy) is 1. The van der Waals surface area contributed by atoms with E-state index in [0.717, 1.165) is 0 Å². The molecule has 0 amide bonds. The molecule has 0 N–H and O–H groups in total. The minimum absolute atomic E-state index is 0.0626. The number of rotatable bonds is 6. The standard InChI is InChI=1S/C22H16FNO3S/c23-22-9-5-4-6-18(22)16-27-19-12-10-17(11-13-19)14-21(15-24)28(25,26)20-7-2-1-3-8-20/h1-14H,16H2. The molecule has 0 aliphatic heterocycles. The summed E-state index contributed by atoms with van der Waals surface area (Å²) in [4.78, 5) is -0.286. The fourth-order valence-corrected chi connectivity index (χ4v) is 3.67. The van der Waals surface area contributed by atoms with Crippen LogP contribution >= 0.6 is 0 Å². The third-order valence-corrected chi connectivity index (χ3v) is 5.66. The van der Waals surface area contributed by atoms with Crippen LogP contribution in [0.3, 0.4) is 0 Å². The van der Waals surface area contributed by atoms with Crippen molar-refractivity contribution in [1.29, 1.82) is 5.26 Å². The van der Waals surface area contributed by atoms with Gasteiger partial charge in [-0.1, -0.05) is 48.5 Å². The highest BCUT2D eigenvalue weighted by molar-refractivity contribution is 7.95. The number of nitriles is 1. The summed E-state index contributed by atoms with van der Waals surface area (Å²) in [5, 5.41) is 9.32. The monoisotopic (exact) mass is 393 g/mol. The number of hydrogen-bond donors (Lipinski definition) is 0. The van der Waals surface area contributed by atoms with Crippen LogP contribution in [0.15, 0.2) is 88.7 Å². The van der Waals surface area contributed by atoms with E-state index in [2.05, 4.69) is 0 Å². The fraction of sp³-hybridized carbons (Fsp3) is 0.0455. The van der Waals surface area contributed by atoms with E-state index < -0.39 is 9.84 Å². The number of benzene rings is 3. The van der Waals surface area contributed by atoms with Gasteiger partial charge in [0.1, 0.15) is 29.1 Å². The van der Waals surface area contributed by atoms with Crippen LogP contribution in [-0.4, -0.2) is 8.42 Å². The highest BCUT2D eigenvalue weighted by Crippen LogP contribution is 2.22. The van der Waals surface area contributed by atoms with Gasteiger partial charge in [-0.05, 0) is 42.0 Å². The maximum absolute atomic E-state index is 13.6. The second kappa shape index (κ2) is 8.51. The van der Waals surface area contributed by atoms with Crippen LogP contribution in [0.2, 0.25) is 0 Å². The second-order valence-electron chi connectivity index (χ2n) is 5.89. The van der Waals surface area contributed by atoms with Gasteiger partial charge in [-0.25, -0.2) is 12.8 Å². The van der Waals surface area contributed by atoms with Crippen LogP contribution < -0.4 is 4.74 Å². The minimum atomic E-state index is -3.88. The van der Waals surface area contributed by atoms with Crippen molar-refractivity contribution in [1.82, 2.24) is 0 Å². The topological polar surface area (TPSA) is 67.2 Å². The van der Waals surface area contributed by atoms with Gasteiger partial charge in [0.2, 0.25) is 9.84 Å². The zero-order chi connectivity index (χ0) is 20.0. The molecule has 0 radical (unpaired) electrons. The van der Waals surface area contributed by atoms with Gasteiger partial charge in [0.15, 0.2) is 0 Å². The Kier molecular flexibility index (Phi) is 5.87. The summed E-state index contributed by atoms with van der Waals surface area (Å²) in [5.41, 5.74) is 0.974. The van der Waals surface area contributed by atoms with Crippen molar-refractivity contribution in [2.75, 3.05) is 0 Å². The van der Waals surface area contributed by atoms with Crippen LogP contribution in [0.1, 0.15) is 11.1 Å². The van der Waals surface area contributed by atoms with Crippen LogP contribution in [0.4, 0.5) is 4.39 Å². The first-order valence-electron chi connectivity index (χ1n) is 8.39. The Morgan fingerprint density at radius 1 is 0.964 bits per heavy atom. The number of halogens is 1. The number of sulfone groups is 1. The van der Waals surface area contributed by atoms with Crippen molar-refractivity contribution in [3.63, 3.8) is 0 Å². The molecule has 0 aliphatic carbocycles. The molecular weight excluding hydrogens is 377 g/mol. The lowest BCUT2D eigenvalue weighted by Crippen LogP contribution is -2.03. The minimum Gasteiger partial charge on any atom is -0.489 e. The Labute approximate surface area is 163 Å². The van der Waals surface area contributed by atoms with Gasteiger partial charge in [-0.3, -0.25) is 0 Å². The highest BCUT2D eigenvalue weighted by Gasteiger charge is 2.20. The summed E-state index contributed by atoms with van der Waals surface area (Å²) in [7, 11) is -3.88. The molecule has 28 heavy (non-hydrogen) atoms. The molecule has 0 saturated carbocycles. The first-order valence-corrected chi connectivity index (χ1v) is 9.87. The summed E-state index contributed by atoms with van der Waals surface area (Å²) in [5.74, 6) is 0.164. The second-order valence-corrected chi connectivity index (χ2v) is 7.80. The Hall–Kier alpha value is -3.43. The molecule has 0 aliphatic rings. The Bertz CT molecular complexity index is 1130. The fourth-order valence-electron chi connectivity index (χ4n) is 2.48. The van der Waals surface area contributed by atoms with E-state index in [0.29, 0.717) is 16.9 Å². The summed E-state index contributed by atoms with van der Waals surface area (Å²) in [6, 6.07) is 22.4. The molecule has 0 saturated heterocycles. The summed E-state index contributed by atoms with van der Waals surface area (Å²) >= 11 is 0. The average Bonchev–Trinajstić information content (AvgIpc) is 2.73. The van der Waals surface area contributed by atoms with E-state index in [1.807, 2.05) is 0 Å². The van der Waals surface area contributed by atoms with E-state index in [9.17, 15) is 18.1 Å². The normalized spacial score (nSPS) is 11.6. The molecule has 140 valence electrons. The summed E-state index contributed by atoms with van der Waals surface area (Å²) in [6.07, 6.45) is 1.31. The Balaban J connectivity index is 1.77. The quantitative estimate of drug-likeness (QED) is 0.567. The molecule has 0 unspecified atom stereocenters. The van der Waals surface area contributed by atoms with E-state index in [4.69, 9.17) is 4.74 Å². The van der Waals surface area contributed by atoms with Gasteiger partial charge in [-0.2, -0.15) is 5.26 Å². The average molecular weight is 393 g/mol. The predicted octanol–water partition coefficient (Wildman–Crippen LogP) is 4.74. The van der Waals surface area contributed by atoms with Crippen LogP contribution in [0, 0.1) is 17.1 Å². The molecule has 3 aromatic carbocycles.